The molecule has 3 heteroatoms. The third kappa shape index (κ3) is 1.23. The Morgan fingerprint density at radius 1 is 1.43 bits per heavy atom. The first-order valence-corrected chi connectivity index (χ1v) is 5.62. The second-order valence-electron chi connectivity index (χ2n) is 4.60. The van der Waals surface area contributed by atoms with E-state index >= 15 is 0 Å². The molecule has 2 heterocycles. The molecule has 2 fully saturated rings. The van der Waals surface area contributed by atoms with Crippen molar-refractivity contribution in [2.24, 2.45) is 0 Å². The quantitative estimate of drug-likeness (QED) is 0.602. The predicted octanol–water partition coefficient (Wildman–Crippen LogP) is 1.12. The van der Waals surface area contributed by atoms with E-state index in [1.807, 2.05) is 6.08 Å². The van der Waals surface area contributed by atoms with Gasteiger partial charge < -0.3 is 5.41 Å². The van der Waals surface area contributed by atoms with Gasteiger partial charge in [-0.15, -0.1) is 0 Å². The zero-order valence-corrected chi connectivity index (χ0v) is 8.37. The molecule has 3 unspecified atom stereocenters. The van der Waals surface area contributed by atoms with Gasteiger partial charge in [0, 0.05) is 30.8 Å². The van der Waals surface area contributed by atoms with Crippen LogP contribution in [0.5, 0.6) is 0 Å². The second kappa shape index (κ2) is 3.17. The molecular weight excluding hydrogens is 174 g/mol. The van der Waals surface area contributed by atoms with Crippen molar-refractivity contribution in [3.63, 3.8) is 0 Å². The molecule has 3 rings (SSSR count). The van der Waals surface area contributed by atoms with Gasteiger partial charge in [0.05, 0.1) is 6.17 Å². The summed E-state index contributed by atoms with van der Waals surface area (Å²) in [6.07, 6.45) is 9.64. The Bertz CT molecular complexity index is 284. The van der Waals surface area contributed by atoms with Crippen LogP contribution in [-0.2, 0) is 0 Å². The standard InChI is InChI=1S/C11H17N3/c12-8-4-5-9-10(7-8)14-6-2-1-3-11(14)13-9/h4-5,9-13H,1-3,6-7H2. The molecule has 2 N–H and O–H groups in total. The number of nitrogens with zero attached hydrogens (tertiary/aromatic N) is 1. The number of allylic oxidation sites excluding steroid dienone is 1. The number of hydrogen-bond donors (Lipinski definition) is 2. The highest BCUT2D eigenvalue weighted by Gasteiger charge is 2.41. The largest absolute Gasteiger partial charge is 0.305 e. The van der Waals surface area contributed by atoms with E-state index < -0.39 is 0 Å². The molecular formula is C11H17N3. The van der Waals surface area contributed by atoms with Crippen molar-refractivity contribution in [1.82, 2.24) is 10.2 Å². The summed E-state index contributed by atoms with van der Waals surface area (Å²) in [6.45, 7) is 1.22. The predicted molar refractivity (Wildman–Crippen MR) is 56.5 cm³/mol. The molecule has 3 nitrogen and oxygen atoms in total. The van der Waals surface area contributed by atoms with Gasteiger partial charge in [0.2, 0.25) is 0 Å². The fourth-order valence-electron chi connectivity index (χ4n) is 3.01. The molecule has 0 bridgehead atoms. The lowest BCUT2D eigenvalue weighted by molar-refractivity contribution is 0.144. The van der Waals surface area contributed by atoms with Gasteiger partial charge in [0.25, 0.3) is 0 Å². The van der Waals surface area contributed by atoms with Gasteiger partial charge in [0.15, 0.2) is 0 Å². The van der Waals surface area contributed by atoms with Crippen molar-refractivity contribution < 1.29 is 0 Å². The van der Waals surface area contributed by atoms with Gasteiger partial charge in [-0.1, -0.05) is 6.08 Å². The summed E-state index contributed by atoms with van der Waals surface area (Å²) in [5, 5.41) is 11.4. The molecule has 0 radical (unpaired) electrons. The van der Waals surface area contributed by atoms with Gasteiger partial charge in [-0.05, 0) is 25.3 Å². The van der Waals surface area contributed by atoms with Crippen LogP contribution >= 0.6 is 0 Å². The Morgan fingerprint density at radius 3 is 3.29 bits per heavy atom. The minimum absolute atomic E-state index is 0.507. The van der Waals surface area contributed by atoms with E-state index in [1.54, 1.807) is 0 Å². The summed E-state index contributed by atoms with van der Waals surface area (Å²) in [6, 6.07) is 1.07. The van der Waals surface area contributed by atoms with Crippen LogP contribution in [0.3, 0.4) is 0 Å². The maximum Gasteiger partial charge on any atom is 0.0605 e. The fourth-order valence-corrected chi connectivity index (χ4v) is 3.01. The monoisotopic (exact) mass is 191 g/mol. The Morgan fingerprint density at radius 2 is 2.36 bits per heavy atom. The van der Waals surface area contributed by atoms with Crippen molar-refractivity contribution in [1.29, 1.82) is 5.41 Å². The highest BCUT2D eigenvalue weighted by atomic mass is 15.4. The average molecular weight is 191 g/mol. The number of rotatable bonds is 0. The van der Waals surface area contributed by atoms with Crippen LogP contribution in [0.15, 0.2) is 12.2 Å². The minimum atomic E-state index is 0.507. The first kappa shape index (κ1) is 8.62. The van der Waals surface area contributed by atoms with Crippen molar-refractivity contribution >= 4 is 5.71 Å². The average Bonchev–Trinajstić information content (AvgIpc) is 2.56. The molecule has 0 aromatic carbocycles. The molecule has 76 valence electrons. The minimum Gasteiger partial charge on any atom is -0.305 e. The van der Waals surface area contributed by atoms with E-state index in [2.05, 4.69) is 16.3 Å². The molecule has 0 aromatic rings. The second-order valence-corrected chi connectivity index (χ2v) is 4.60. The maximum absolute atomic E-state index is 7.70. The summed E-state index contributed by atoms with van der Waals surface area (Å²) in [5.41, 5.74) is 0.791. The topological polar surface area (TPSA) is 39.1 Å². The maximum atomic E-state index is 7.70. The summed E-state index contributed by atoms with van der Waals surface area (Å²) < 4.78 is 0. The lowest BCUT2D eigenvalue weighted by Gasteiger charge is -2.33. The van der Waals surface area contributed by atoms with E-state index in [1.165, 1.54) is 25.8 Å². The number of piperidine rings is 1. The molecule has 14 heavy (non-hydrogen) atoms. The Kier molecular flexibility index (Phi) is 1.96. The van der Waals surface area contributed by atoms with E-state index in [9.17, 15) is 0 Å². The molecule has 2 saturated heterocycles. The zero-order chi connectivity index (χ0) is 9.54. The SMILES string of the molecule is N=C1C=CC2NC3CCCCN3C2C1. The van der Waals surface area contributed by atoms with Crippen molar-refractivity contribution in [2.75, 3.05) is 6.54 Å². The van der Waals surface area contributed by atoms with Crippen LogP contribution in [0.2, 0.25) is 0 Å². The van der Waals surface area contributed by atoms with Crippen LogP contribution in [0, 0.1) is 5.41 Å². The molecule has 2 aliphatic heterocycles. The van der Waals surface area contributed by atoms with Crippen molar-refractivity contribution in [2.45, 2.75) is 43.9 Å². The van der Waals surface area contributed by atoms with Crippen LogP contribution in [0.4, 0.5) is 0 Å². The molecule has 0 aromatic heterocycles. The van der Waals surface area contributed by atoms with Gasteiger partial charge in [0.1, 0.15) is 0 Å². The number of hydrogen-bond acceptors (Lipinski definition) is 3. The normalized spacial score (nSPS) is 42.3. The zero-order valence-electron chi connectivity index (χ0n) is 8.37. The van der Waals surface area contributed by atoms with Crippen LogP contribution < -0.4 is 5.32 Å². The third-order valence-electron chi connectivity index (χ3n) is 3.70. The molecule has 3 atom stereocenters. The summed E-state index contributed by atoms with van der Waals surface area (Å²) in [4.78, 5) is 2.58. The number of nitrogens with one attached hydrogen (secondary N) is 2. The smallest absolute Gasteiger partial charge is 0.0605 e. The van der Waals surface area contributed by atoms with Crippen LogP contribution in [0.1, 0.15) is 25.7 Å². The third-order valence-corrected chi connectivity index (χ3v) is 3.70. The summed E-state index contributed by atoms with van der Waals surface area (Å²) in [7, 11) is 0. The Hall–Kier alpha value is -0.670. The fraction of sp³-hybridized carbons (Fsp3) is 0.727. The van der Waals surface area contributed by atoms with Crippen molar-refractivity contribution in [3.05, 3.63) is 12.2 Å². The number of fused-ring (bicyclic) bond motifs is 3. The van der Waals surface area contributed by atoms with Gasteiger partial charge in [-0.25, -0.2) is 0 Å². The van der Waals surface area contributed by atoms with Gasteiger partial charge >= 0.3 is 0 Å². The Balaban J connectivity index is 1.84. The molecule has 0 saturated carbocycles. The first-order chi connectivity index (χ1) is 6.84. The summed E-state index contributed by atoms with van der Waals surface area (Å²) in [5.74, 6) is 0. The van der Waals surface area contributed by atoms with E-state index in [0.29, 0.717) is 18.2 Å². The molecule has 3 aliphatic rings. The molecule has 0 spiro atoms. The highest BCUT2D eigenvalue weighted by Crippen LogP contribution is 2.29. The van der Waals surface area contributed by atoms with E-state index in [0.717, 1.165) is 12.1 Å². The van der Waals surface area contributed by atoms with Gasteiger partial charge in [-0.2, -0.15) is 0 Å². The van der Waals surface area contributed by atoms with Crippen molar-refractivity contribution in [3.8, 4) is 0 Å². The highest BCUT2D eigenvalue weighted by molar-refractivity contribution is 5.93. The summed E-state index contributed by atoms with van der Waals surface area (Å²) >= 11 is 0. The van der Waals surface area contributed by atoms with Gasteiger partial charge in [-0.3, -0.25) is 10.2 Å². The van der Waals surface area contributed by atoms with Crippen LogP contribution in [0.25, 0.3) is 0 Å². The van der Waals surface area contributed by atoms with Crippen LogP contribution in [-0.4, -0.2) is 35.4 Å². The molecule has 1 aliphatic carbocycles. The lowest BCUT2D eigenvalue weighted by atomic mass is 9.95. The lowest BCUT2D eigenvalue weighted by Crippen LogP contribution is -2.43. The van der Waals surface area contributed by atoms with E-state index in [4.69, 9.17) is 5.41 Å². The first-order valence-electron chi connectivity index (χ1n) is 5.62. The Labute approximate surface area is 84.7 Å². The molecule has 0 amide bonds. The van der Waals surface area contributed by atoms with E-state index in [-0.39, 0.29) is 0 Å².